The van der Waals surface area contributed by atoms with Crippen LogP contribution in [0.2, 0.25) is 5.02 Å². The van der Waals surface area contributed by atoms with Gasteiger partial charge in [-0.2, -0.15) is 4.99 Å². The normalized spacial score (nSPS) is 19.2. The third kappa shape index (κ3) is 5.68. The topological polar surface area (TPSA) is 224 Å². The average Bonchev–Trinajstić information content (AvgIpc) is 3.28. The number of urea groups is 1. The van der Waals surface area contributed by atoms with Gasteiger partial charge < -0.3 is 27.2 Å². The van der Waals surface area contributed by atoms with Crippen molar-refractivity contribution in [1.29, 1.82) is 0 Å². The molecule has 3 atom stereocenters. The number of carboxylic acids is 1. The molecule has 2 aliphatic rings. The summed E-state index contributed by atoms with van der Waals surface area (Å²) in [4.78, 5) is 55.0. The first kappa shape index (κ1) is 27.2. The number of aliphatic imine (C=N–C) groups is 1. The fourth-order valence-electron chi connectivity index (χ4n) is 3.75. The summed E-state index contributed by atoms with van der Waals surface area (Å²) in [5, 5.41) is 26.3. The van der Waals surface area contributed by atoms with E-state index < -0.39 is 47.2 Å². The number of carbonyl (C=O) groups is 4. The zero-order valence-electron chi connectivity index (χ0n) is 19.6. The van der Waals surface area contributed by atoms with Crippen LogP contribution in [0, 0.1) is 0 Å². The molecule has 3 heterocycles. The molecule has 1 fully saturated rings. The van der Waals surface area contributed by atoms with E-state index in [1.807, 2.05) is 0 Å². The van der Waals surface area contributed by atoms with Crippen molar-refractivity contribution >= 4 is 64.9 Å². The standard InChI is InChI=1S/C20H21ClN10O5S2/c1-30-20(27-28-29-30)38-7-9-6-37-16-12(15(33)31(16)13(9)17(34)35)24-14(32)11(25-19(36)26-18(22)23)8-2-4-10(21)5-3-8/h2-5,11-12,16H,6-7H2,1H3,(H,24,32)(H,34,35)(H5,22,23,25,26,36)/t11?,12?,16-/m0/s1. The average molecular weight is 581 g/mol. The van der Waals surface area contributed by atoms with Gasteiger partial charge in [0.1, 0.15) is 23.2 Å². The number of nitrogens with two attached hydrogens (primary N) is 2. The molecule has 1 saturated heterocycles. The summed E-state index contributed by atoms with van der Waals surface area (Å²) in [6.07, 6.45) is 0. The number of carbonyl (C=O) groups excluding carboxylic acids is 3. The number of aliphatic carboxylic acids is 1. The highest BCUT2D eigenvalue weighted by molar-refractivity contribution is 8.01. The van der Waals surface area contributed by atoms with Crippen molar-refractivity contribution in [3.05, 3.63) is 46.1 Å². The van der Waals surface area contributed by atoms with Gasteiger partial charge in [-0.15, -0.1) is 16.9 Å². The number of hydrogen-bond donors (Lipinski definition) is 5. The molecule has 0 aliphatic carbocycles. The molecule has 0 radical (unpaired) electrons. The van der Waals surface area contributed by atoms with Gasteiger partial charge in [0.05, 0.1) is 0 Å². The lowest BCUT2D eigenvalue weighted by atomic mass is 10.0. The molecule has 7 N–H and O–H groups in total. The third-order valence-corrected chi connectivity index (χ3v) is 8.16. The lowest BCUT2D eigenvalue weighted by molar-refractivity contribution is -0.150. The Morgan fingerprint density at radius 2 is 2.03 bits per heavy atom. The van der Waals surface area contributed by atoms with E-state index >= 15 is 0 Å². The maximum absolute atomic E-state index is 13.2. The minimum atomic E-state index is -1.26. The number of hydrogen-bond acceptors (Lipinski definition) is 9. The first-order valence-electron chi connectivity index (χ1n) is 10.8. The number of benzene rings is 1. The highest BCUT2D eigenvalue weighted by Crippen LogP contribution is 2.41. The minimum Gasteiger partial charge on any atom is -0.477 e. The number of carboxylic acid groups (broad SMARTS) is 1. The summed E-state index contributed by atoms with van der Waals surface area (Å²) in [5.74, 6) is -2.51. The fraction of sp³-hybridized carbons (Fsp3) is 0.300. The number of nitrogens with one attached hydrogen (secondary N) is 2. The molecule has 1 aromatic carbocycles. The van der Waals surface area contributed by atoms with E-state index in [-0.39, 0.29) is 11.4 Å². The lowest BCUT2D eigenvalue weighted by Gasteiger charge is -2.49. The van der Waals surface area contributed by atoms with Crippen LogP contribution in [0.1, 0.15) is 11.6 Å². The lowest BCUT2D eigenvalue weighted by Crippen LogP contribution is -2.71. The molecular weight excluding hydrogens is 560 g/mol. The Bertz CT molecular complexity index is 1340. The van der Waals surface area contributed by atoms with Gasteiger partial charge in [-0.05, 0) is 33.7 Å². The second kappa shape index (κ2) is 11.3. The number of thioether (sulfide) groups is 2. The van der Waals surface area contributed by atoms with Crippen LogP contribution in [0.15, 0.2) is 45.7 Å². The molecule has 1 aromatic heterocycles. The Morgan fingerprint density at radius 3 is 2.63 bits per heavy atom. The van der Waals surface area contributed by atoms with E-state index in [1.165, 1.54) is 52.5 Å². The summed E-state index contributed by atoms with van der Waals surface area (Å²) in [7, 11) is 1.66. The van der Waals surface area contributed by atoms with Crippen LogP contribution < -0.4 is 22.1 Å². The molecule has 15 nitrogen and oxygen atoms in total. The molecule has 38 heavy (non-hydrogen) atoms. The Kier molecular flexibility index (Phi) is 8.08. The Morgan fingerprint density at radius 1 is 1.32 bits per heavy atom. The maximum Gasteiger partial charge on any atom is 0.352 e. The van der Waals surface area contributed by atoms with Crippen molar-refractivity contribution in [2.45, 2.75) is 22.6 Å². The van der Waals surface area contributed by atoms with Crippen LogP contribution in [0.3, 0.4) is 0 Å². The van der Waals surface area contributed by atoms with Crippen molar-refractivity contribution in [3.63, 3.8) is 0 Å². The van der Waals surface area contributed by atoms with Crippen LogP contribution in [-0.4, -0.2) is 82.9 Å². The van der Waals surface area contributed by atoms with E-state index in [2.05, 4.69) is 31.2 Å². The molecule has 0 bridgehead atoms. The second-order valence-electron chi connectivity index (χ2n) is 8.00. The summed E-state index contributed by atoms with van der Waals surface area (Å²) in [6, 6.07) is 2.84. The second-order valence-corrected chi connectivity index (χ2v) is 10.5. The number of tetrazole rings is 1. The quantitative estimate of drug-likeness (QED) is 0.114. The number of aryl methyl sites for hydroxylation is 1. The number of nitrogens with zero attached hydrogens (tertiary/aromatic N) is 6. The number of β-lactam (4-membered cyclic amide) rings is 1. The molecule has 2 unspecified atom stereocenters. The largest absolute Gasteiger partial charge is 0.477 e. The first-order chi connectivity index (χ1) is 18.1. The zero-order chi connectivity index (χ0) is 27.6. The highest BCUT2D eigenvalue weighted by atomic mass is 35.5. The molecule has 0 spiro atoms. The van der Waals surface area contributed by atoms with Gasteiger partial charge >= 0.3 is 12.0 Å². The monoisotopic (exact) mass is 580 g/mol. The fourth-order valence-corrected chi connectivity index (χ4v) is 6.22. The molecule has 2 aromatic rings. The van der Waals surface area contributed by atoms with Gasteiger partial charge in [0, 0.05) is 23.6 Å². The van der Waals surface area contributed by atoms with Gasteiger partial charge in [0.25, 0.3) is 5.91 Å². The molecule has 0 saturated carbocycles. The summed E-state index contributed by atoms with van der Waals surface area (Å²) >= 11 is 8.48. The number of halogens is 1. The van der Waals surface area contributed by atoms with Gasteiger partial charge in [0.15, 0.2) is 5.96 Å². The Labute approximate surface area is 228 Å². The molecular formula is C20H21ClN10O5S2. The summed E-state index contributed by atoms with van der Waals surface area (Å²) < 4.78 is 1.45. The maximum atomic E-state index is 13.2. The van der Waals surface area contributed by atoms with Crippen molar-refractivity contribution in [1.82, 2.24) is 35.7 Å². The van der Waals surface area contributed by atoms with Crippen molar-refractivity contribution < 1.29 is 24.3 Å². The van der Waals surface area contributed by atoms with Gasteiger partial charge in [-0.3, -0.25) is 14.5 Å². The molecule has 200 valence electrons. The molecule has 4 amide bonds. The zero-order valence-corrected chi connectivity index (χ0v) is 22.0. The van der Waals surface area contributed by atoms with Crippen LogP contribution >= 0.6 is 35.1 Å². The van der Waals surface area contributed by atoms with Gasteiger partial charge in [-0.25, -0.2) is 14.3 Å². The Hall–Kier alpha value is -3.83. The SMILES string of the molecule is Cn1nnnc1SCC1=C(C(=O)O)N2C(=O)C(NC(=O)C(NC(=O)N=C(N)N)c3ccc(Cl)cc3)[C@@H]2SC1. The predicted octanol–water partition coefficient (Wildman–Crippen LogP) is -0.581. The highest BCUT2D eigenvalue weighted by Gasteiger charge is 2.54. The minimum absolute atomic E-state index is 0.137. The smallest absolute Gasteiger partial charge is 0.352 e. The van der Waals surface area contributed by atoms with Gasteiger partial charge in [-0.1, -0.05) is 35.5 Å². The number of aromatic nitrogens is 4. The van der Waals surface area contributed by atoms with Crippen LogP contribution in [-0.2, 0) is 21.4 Å². The first-order valence-corrected chi connectivity index (χ1v) is 13.2. The van der Waals surface area contributed by atoms with Crippen molar-refractivity contribution in [2.75, 3.05) is 11.5 Å². The summed E-state index contributed by atoms with van der Waals surface area (Å²) in [5.41, 5.74) is 11.2. The van der Waals surface area contributed by atoms with E-state index in [0.29, 0.717) is 27.1 Å². The number of rotatable bonds is 8. The number of amides is 4. The Balaban J connectivity index is 1.51. The third-order valence-electron chi connectivity index (χ3n) is 5.47. The van der Waals surface area contributed by atoms with Crippen molar-refractivity contribution in [2.24, 2.45) is 23.5 Å². The van der Waals surface area contributed by atoms with Gasteiger partial charge in [0.2, 0.25) is 11.1 Å². The van der Waals surface area contributed by atoms with Crippen LogP contribution in [0.5, 0.6) is 0 Å². The van der Waals surface area contributed by atoms with Crippen molar-refractivity contribution in [3.8, 4) is 0 Å². The predicted molar refractivity (Wildman–Crippen MR) is 138 cm³/mol. The van der Waals surface area contributed by atoms with E-state index in [1.54, 1.807) is 7.05 Å². The number of guanidine groups is 1. The summed E-state index contributed by atoms with van der Waals surface area (Å²) in [6.45, 7) is 0. The van der Waals surface area contributed by atoms with Crippen LogP contribution in [0.4, 0.5) is 4.79 Å². The van der Waals surface area contributed by atoms with E-state index in [4.69, 9.17) is 23.1 Å². The number of fused-ring (bicyclic) bond motifs is 1. The van der Waals surface area contributed by atoms with E-state index in [9.17, 15) is 24.3 Å². The molecule has 4 rings (SSSR count). The molecule has 2 aliphatic heterocycles. The van der Waals surface area contributed by atoms with E-state index in [0.717, 1.165) is 4.90 Å². The molecule has 18 heteroatoms. The van der Waals surface area contributed by atoms with Crippen LogP contribution in [0.25, 0.3) is 0 Å².